The molecular formula is C28H26FN2O+. The fraction of sp³-hybridized carbons (Fsp3) is 0.214. The largest absolute Gasteiger partial charge is 0.437 e. The second-order valence-electron chi connectivity index (χ2n) is 8.33. The molecule has 0 N–H and O–H groups in total. The number of aromatic nitrogens is 2. The van der Waals surface area contributed by atoms with Crippen LogP contribution in [0.2, 0.25) is 0 Å². The summed E-state index contributed by atoms with van der Waals surface area (Å²) in [4.78, 5) is 4.45. The normalized spacial score (nSPS) is 15.6. The molecule has 0 aliphatic carbocycles. The molecule has 0 fully saturated rings. The maximum atomic E-state index is 13.5. The summed E-state index contributed by atoms with van der Waals surface area (Å²) in [7, 11) is 1.92. The molecule has 0 aliphatic heterocycles. The minimum Gasteiger partial charge on any atom is -0.437 e. The lowest BCUT2D eigenvalue weighted by atomic mass is 9.91. The van der Waals surface area contributed by atoms with Crippen LogP contribution in [0.4, 0.5) is 4.39 Å². The lowest BCUT2D eigenvalue weighted by molar-refractivity contribution is -0.660. The highest BCUT2D eigenvalue weighted by molar-refractivity contribution is 6.08. The van der Waals surface area contributed by atoms with Crippen LogP contribution in [0.3, 0.4) is 0 Å². The minimum atomic E-state index is -2.82. The summed E-state index contributed by atoms with van der Waals surface area (Å²) < 4.78 is 69.5. The van der Waals surface area contributed by atoms with Crippen molar-refractivity contribution in [2.45, 2.75) is 33.0 Å². The van der Waals surface area contributed by atoms with Gasteiger partial charge >= 0.3 is 0 Å². The van der Waals surface area contributed by atoms with Crippen LogP contribution in [0.5, 0.6) is 0 Å². The van der Waals surface area contributed by atoms with Gasteiger partial charge in [-0.15, -0.1) is 0 Å². The van der Waals surface area contributed by atoms with Crippen molar-refractivity contribution in [3.05, 3.63) is 83.9 Å². The van der Waals surface area contributed by atoms with Crippen molar-refractivity contribution < 1.29 is 21.6 Å². The Hall–Kier alpha value is -3.53. The molecule has 3 nitrogen and oxygen atoms in total. The van der Waals surface area contributed by atoms with E-state index in [1.165, 1.54) is 25.1 Å². The van der Waals surface area contributed by atoms with E-state index in [0.29, 0.717) is 11.0 Å². The topological polar surface area (TPSA) is 29.9 Å². The molecule has 0 saturated heterocycles. The third kappa shape index (κ3) is 3.36. The third-order valence-corrected chi connectivity index (χ3v) is 5.81. The highest BCUT2D eigenvalue weighted by Gasteiger charge is 2.23. The fourth-order valence-corrected chi connectivity index (χ4v) is 4.06. The number of rotatable bonds is 2. The molecule has 0 radical (unpaired) electrons. The quantitative estimate of drug-likeness (QED) is 0.285. The smallest absolute Gasteiger partial charge is 0.227 e. The van der Waals surface area contributed by atoms with Crippen molar-refractivity contribution in [3.63, 3.8) is 0 Å². The van der Waals surface area contributed by atoms with Crippen molar-refractivity contribution in [3.8, 4) is 22.4 Å². The van der Waals surface area contributed by atoms with Crippen molar-refractivity contribution in [2.75, 3.05) is 0 Å². The summed E-state index contributed by atoms with van der Waals surface area (Å²) in [6.45, 7) is -2.48. The summed E-state index contributed by atoms with van der Waals surface area (Å²) in [5.41, 5.74) is 2.85. The number of pyridine rings is 2. The molecule has 0 aliphatic rings. The lowest BCUT2D eigenvalue weighted by Gasteiger charge is -2.16. The maximum Gasteiger partial charge on any atom is 0.227 e. The van der Waals surface area contributed by atoms with Crippen LogP contribution in [-0.2, 0) is 12.5 Å². The van der Waals surface area contributed by atoms with E-state index in [2.05, 4.69) is 4.98 Å². The second-order valence-corrected chi connectivity index (χ2v) is 8.33. The molecule has 0 saturated carbocycles. The highest BCUT2D eigenvalue weighted by atomic mass is 19.1. The fourth-order valence-electron chi connectivity index (χ4n) is 4.06. The van der Waals surface area contributed by atoms with Gasteiger partial charge in [-0.1, -0.05) is 44.9 Å². The van der Waals surface area contributed by atoms with Crippen LogP contribution in [0.15, 0.2) is 71.3 Å². The van der Waals surface area contributed by atoms with E-state index in [1.807, 2.05) is 49.0 Å². The average Bonchev–Trinajstić information content (AvgIpc) is 3.21. The molecule has 32 heavy (non-hydrogen) atoms. The summed E-state index contributed by atoms with van der Waals surface area (Å²) >= 11 is 0. The predicted octanol–water partition coefficient (Wildman–Crippen LogP) is 6.88. The van der Waals surface area contributed by atoms with Gasteiger partial charge in [-0.25, -0.2) is 13.9 Å². The third-order valence-electron chi connectivity index (χ3n) is 5.81. The summed E-state index contributed by atoms with van der Waals surface area (Å²) in [5.74, 6) is -0.307. The number of benzene rings is 2. The molecule has 4 heteroatoms. The van der Waals surface area contributed by atoms with Crippen LogP contribution >= 0.6 is 0 Å². The number of hydrogen-bond donors (Lipinski definition) is 0. The Morgan fingerprint density at radius 1 is 0.969 bits per heavy atom. The molecule has 160 valence electrons. The van der Waals surface area contributed by atoms with E-state index in [1.54, 1.807) is 18.2 Å². The SMILES string of the molecule is [2H]C([2H])([2H])C(C)(c1ccc2c(n1)oc1c(-c3cc(-c4ccc(F)cc4)cc[n+]3C)c(C)ccc12)C([2H])([2H])[2H]. The van der Waals surface area contributed by atoms with Crippen molar-refractivity contribution in [2.24, 2.45) is 7.05 Å². The van der Waals surface area contributed by atoms with Gasteiger partial charge in [-0.05, 0) is 47.9 Å². The monoisotopic (exact) mass is 431 g/mol. The van der Waals surface area contributed by atoms with Crippen LogP contribution in [-0.4, -0.2) is 4.98 Å². The molecule has 3 aromatic heterocycles. The zero-order valence-corrected chi connectivity index (χ0v) is 18.0. The van der Waals surface area contributed by atoms with Crippen molar-refractivity contribution >= 4 is 22.1 Å². The van der Waals surface area contributed by atoms with E-state index >= 15 is 0 Å². The summed E-state index contributed by atoms with van der Waals surface area (Å²) in [5, 5.41) is 1.43. The van der Waals surface area contributed by atoms with E-state index in [0.717, 1.165) is 33.3 Å². The summed E-state index contributed by atoms with van der Waals surface area (Å²) in [6, 6.07) is 17.3. The van der Waals surface area contributed by atoms with Gasteiger partial charge in [0.1, 0.15) is 12.9 Å². The number of fused-ring (bicyclic) bond motifs is 3. The minimum absolute atomic E-state index is 0.0776. The Labute approximate surface area is 195 Å². The van der Waals surface area contributed by atoms with Gasteiger partial charge in [0.15, 0.2) is 11.8 Å². The van der Waals surface area contributed by atoms with Crippen molar-refractivity contribution in [1.29, 1.82) is 0 Å². The lowest BCUT2D eigenvalue weighted by Crippen LogP contribution is -2.30. The number of aryl methyl sites for hydroxylation is 2. The van der Waals surface area contributed by atoms with Crippen LogP contribution in [0.25, 0.3) is 44.5 Å². The Morgan fingerprint density at radius 3 is 2.47 bits per heavy atom. The summed E-state index contributed by atoms with van der Waals surface area (Å²) in [6.07, 6.45) is 1.92. The maximum absolute atomic E-state index is 13.5. The average molecular weight is 432 g/mol. The van der Waals surface area contributed by atoms with Gasteiger partial charge in [-0.3, -0.25) is 0 Å². The van der Waals surface area contributed by atoms with Gasteiger partial charge in [0, 0.05) is 42.2 Å². The first-order chi connectivity index (χ1) is 17.7. The van der Waals surface area contributed by atoms with Gasteiger partial charge in [0.2, 0.25) is 11.4 Å². The molecule has 0 spiro atoms. The molecule has 2 aromatic carbocycles. The first-order valence-corrected chi connectivity index (χ1v) is 10.3. The first-order valence-electron chi connectivity index (χ1n) is 13.3. The van der Waals surface area contributed by atoms with E-state index < -0.39 is 19.1 Å². The number of halogens is 1. The predicted molar refractivity (Wildman–Crippen MR) is 127 cm³/mol. The van der Waals surface area contributed by atoms with Crippen molar-refractivity contribution in [1.82, 2.24) is 4.98 Å². The molecule has 0 amide bonds. The molecule has 0 atom stereocenters. The van der Waals surface area contributed by atoms with Crippen LogP contribution < -0.4 is 4.57 Å². The molecule has 3 heterocycles. The first kappa shape index (κ1) is 14.5. The zero-order chi connectivity index (χ0) is 27.6. The van der Waals surface area contributed by atoms with E-state index in [9.17, 15) is 4.39 Å². The number of hydrogen-bond acceptors (Lipinski definition) is 2. The highest BCUT2D eigenvalue weighted by Crippen LogP contribution is 2.38. The number of furan rings is 1. The van der Waals surface area contributed by atoms with Gasteiger partial charge in [0.05, 0.1) is 5.56 Å². The molecule has 0 bridgehead atoms. The Bertz CT molecular complexity index is 1670. The molecule has 0 unspecified atom stereocenters. The van der Waals surface area contributed by atoms with Crippen LogP contribution in [0, 0.1) is 12.7 Å². The Morgan fingerprint density at radius 2 is 1.72 bits per heavy atom. The standard InChI is InChI=1S/C28H26FN2O/c1-17-6-11-21-22-12-13-24(28(2,3)4)30-27(22)32-26(21)25(17)23-16-19(14-15-31(23)5)18-7-9-20(29)10-8-18/h6-16H,1-5H3/q+1/i2D3,3D3. The Balaban J connectivity index is 1.74. The Kier molecular flexibility index (Phi) is 3.30. The van der Waals surface area contributed by atoms with E-state index in [-0.39, 0.29) is 17.2 Å². The molecule has 5 aromatic rings. The molecular weight excluding hydrogens is 399 g/mol. The number of nitrogens with zero attached hydrogens (tertiary/aromatic N) is 2. The van der Waals surface area contributed by atoms with E-state index in [4.69, 9.17) is 12.6 Å². The molecule has 5 rings (SSSR count). The second kappa shape index (κ2) is 7.27. The van der Waals surface area contributed by atoms with Gasteiger partial charge in [0.25, 0.3) is 0 Å². The van der Waals surface area contributed by atoms with Gasteiger partial charge < -0.3 is 4.42 Å². The zero-order valence-electron chi connectivity index (χ0n) is 24.0. The van der Waals surface area contributed by atoms with Crippen LogP contribution in [0.1, 0.15) is 40.1 Å². The van der Waals surface area contributed by atoms with Gasteiger partial charge in [-0.2, -0.15) is 0 Å².